The van der Waals surface area contributed by atoms with Gasteiger partial charge in [0.15, 0.2) is 0 Å². The van der Waals surface area contributed by atoms with Crippen LogP contribution in [0.2, 0.25) is 0 Å². The minimum absolute atomic E-state index is 0.0846. The molecule has 0 saturated heterocycles. The molecule has 0 aromatic carbocycles. The van der Waals surface area contributed by atoms with Crippen molar-refractivity contribution in [3.63, 3.8) is 0 Å². The summed E-state index contributed by atoms with van der Waals surface area (Å²) < 4.78 is 15.3. The van der Waals surface area contributed by atoms with Gasteiger partial charge in [0.1, 0.15) is 5.69 Å². The molecule has 8 heteroatoms. The van der Waals surface area contributed by atoms with Gasteiger partial charge in [-0.2, -0.15) is 4.98 Å². The number of nitrogens with zero attached hydrogens (tertiary/aromatic N) is 3. The highest BCUT2D eigenvalue weighted by molar-refractivity contribution is 6.02. The maximum Gasteiger partial charge on any atom is 0.319 e. The number of aromatic nitrogens is 3. The van der Waals surface area contributed by atoms with E-state index in [9.17, 15) is 4.79 Å². The van der Waals surface area contributed by atoms with Crippen LogP contribution in [-0.4, -0.2) is 34.2 Å². The fourth-order valence-corrected chi connectivity index (χ4v) is 1.40. The fourth-order valence-electron chi connectivity index (χ4n) is 1.40. The number of carbonyl (C=O) groups excluding carboxylic acids is 1. The molecule has 1 amide bonds. The largest absolute Gasteiger partial charge is 0.476 e. The van der Waals surface area contributed by atoms with Gasteiger partial charge in [-0.1, -0.05) is 5.16 Å². The van der Waals surface area contributed by atoms with Crippen LogP contribution in [0.1, 0.15) is 24.4 Å². The zero-order chi connectivity index (χ0) is 14.4. The molecule has 106 valence electrons. The molecule has 2 heterocycles. The number of nitrogens with one attached hydrogen (secondary N) is 1. The quantitative estimate of drug-likeness (QED) is 0.854. The van der Waals surface area contributed by atoms with E-state index in [0.29, 0.717) is 18.9 Å². The molecule has 2 rings (SSSR count). The van der Waals surface area contributed by atoms with Crippen molar-refractivity contribution in [2.24, 2.45) is 0 Å². The van der Waals surface area contributed by atoms with Crippen molar-refractivity contribution < 1.29 is 18.8 Å². The molecule has 0 atom stereocenters. The van der Waals surface area contributed by atoms with Crippen molar-refractivity contribution in [2.45, 2.75) is 13.8 Å². The van der Waals surface area contributed by atoms with Crippen molar-refractivity contribution in [1.82, 2.24) is 15.1 Å². The molecule has 0 aliphatic carbocycles. The Labute approximate surface area is 115 Å². The Bertz CT molecular complexity index is 571. The number of rotatable bonds is 6. The summed E-state index contributed by atoms with van der Waals surface area (Å²) in [5.74, 6) is -0.142. The topological polar surface area (TPSA) is 99.4 Å². The molecule has 0 aliphatic heterocycles. The van der Waals surface area contributed by atoms with Gasteiger partial charge in [0, 0.05) is 6.07 Å². The lowest BCUT2D eigenvalue weighted by atomic mass is 10.4. The zero-order valence-electron chi connectivity index (χ0n) is 11.1. The second kappa shape index (κ2) is 6.50. The molecule has 0 radical (unpaired) electrons. The summed E-state index contributed by atoms with van der Waals surface area (Å²) in [5, 5.41) is 6.05. The molecular formula is C12H14N4O4. The maximum atomic E-state index is 11.9. The van der Waals surface area contributed by atoms with Crippen LogP contribution >= 0.6 is 0 Å². The predicted molar refractivity (Wildman–Crippen MR) is 68.8 cm³/mol. The lowest BCUT2D eigenvalue weighted by Crippen LogP contribution is -2.13. The van der Waals surface area contributed by atoms with Gasteiger partial charge < -0.3 is 19.3 Å². The first-order valence-electron chi connectivity index (χ1n) is 6.09. The Kier molecular flexibility index (Phi) is 4.48. The fraction of sp³-hybridized carbons (Fsp3) is 0.333. The summed E-state index contributed by atoms with van der Waals surface area (Å²) >= 11 is 0. The van der Waals surface area contributed by atoms with Crippen molar-refractivity contribution in [2.75, 3.05) is 18.5 Å². The molecule has 20 heavy (non-hydrogen) atoms. The third-order valence-electron chi connectivity index (χ3n) is 2.20. The average Bonchev–Trinajstić information content (AvgIpc) is 2.96. The minimum atomic E-state index is -0.462. The minimum Gasteiger partial charge on any atom is -0.476 e. The van der Waals surface area contributed by atoms with E-state index in [1.165, 1.54) is 18.5 Å². The maximum absolute atomic E-state index is 11.9. The van der Waals surface area contributed by atoms with Crippen molar-refractivity contribution >= 4 is 11.6 Å². The monoisotopic (exact) mass is 278 g/mol. The Morgan fingerprint density at radius 2 is 2.15 bits per heavy atom. The molecular weight excluding hydrogens is 264 g/mol. The lowest BCUT2D eigenvalue weighted by molar-refractivity contribution is 0.0987. The van der Waals surface area contributed by atoms with Gasteiger partial charge >= 0.3 is 6.01 Å². The van der Waals surface area contributed by atoms with Crippen LogP contribution in [0.25, 0.3) is 0 Å². The van der Waals surface area contributed by atoms with E-state index < -0.39 is 5.91 Å². The highest BCUT2D eigenvalue weighted by Crippen LogP contribution is 2.23. The van der Waals surface area contributed by atoms with Crippen LogP contribution < -0.4 is 14.8 Å². The lowest BCUT2D eigenvalue weighted by Gasteiger charge is -2.10. The first-order valence-corrected chi connectivity index (χ1v) is 6.09. The van der Waals surface area contributed by atoms with E-state index >= 15 is 0 Å². The third kappa shape index (κ3) is 3.22. The number of hydrogen-bond donors (Lipinski definition) is 1. The first-order chi connectivity index (χ1) is 9.74. The van der Waals surface area contributed by atoms with Crippen LogP contribution in [0.4, 0.5) is 5.69 Å². The summed E-state index contributed by atoms with van der Waals surface area (Å²) in [6.45, 7) is 4.47. The molecule has 0 aliphatic rings. The Morgan fingerprint density at radius 3 is 2.80 bits per heavy atom. The first kappa shape index (κ1) is 13.8. The standard InChI is InChI=1S/C12H14N4O4/c1-3-18-11-8(7-13-12(16-11)19-4-2)15-10(17)9-5-6-14-20-9/h5-7H,3-4H2,1-2H3,(H,15,17). The van der Waals surface area contributed by atoms with E-state index in [2.05, 4.69) is 20.4 Å². The summed E-state index contributed by atoms with van der Waals surface area (Å²) in [4.78, 5) is 19.9. The summed E-state index contributed by atoms with van der Waals surface area (Å²) in [6.07, 6.45) is 2.80. The van der Waals surface area contributed by atoms with E-state index in [1.54, 1.807) is 0 Å². The highest BCUT2D eigenvalue weighted by atomic mass is 16.5. The average molecular weight is 278 g/mol. The Morgan fingerprint density at radius 1 is 1.35 bits per heavy atom. The van der Waals surface area contributed by atoms with Crippen molar-refractivity contribution in [3.8, 4) is 11.9 Å². The second-order valence-electron chi connectivity index (χ2n) is 3.57. The van der Waals surface area contributed by atoms with Gasteiger partial charge in [0.2, 0.25) is 11.6 Å². The zero-order valence-corrected chi connectivity index (χ0v) is 11.1. The molecule has 1 N–H and O–H groups in total. The normalized spacial score (nSPS) is 10.1. The number of anilines is 1. The Balaban J connectivity index is 2.19. The van der Waals surface area contributed by atoms with E-state index in [1.807, 2.05) is 13.8 Å². The Hall–Kier alpha value is -2.64. The van der Waals surface area contributed by atoms with Crippen LogP contribution in [0, 0.1) is 0 Å². The SMILES string of the molecule is CCOc1ncc(NC(=O)c2ccno2)c(OCC)n1. The van der Waals surface area contributed by atoms with Gasteiger partial charge in [-0.25, -0.2) is 4.98 Å². The van der Waals surface area contributed by atoms with Crippen LogP contribution in [0.15, 0.2) is 23.0 Å². The van der Waals surface area contributed by atoms with Crippen molar-refractivity contribution in [1.29, 1.82) is 0 Å². The second-order valence-corrected chi connectivity index (χ2v) is 3.57. The molecule has 8 nitrogen and oxygen atoms in total. The van der Waals surface area contributed by atoms with Gasteiger partial charge in [-0.05, 0) is 13.8 Å². The number of amides is 1. The molecule has 2 aromatic heterocycles. The molecule has 2 aromatic rings. The number of ether oxygens (including phenoxy) is 2. The van der Waals surface area contributed by atoms with Gasteiger partial charge in [0.05, 0.1) is 25.6 Å². The smallest absolute Gasteiger partial charge is 0.319 e. The number of hydrogen-bond acceptors (Lipinski definition) is 7. The highest BCUT2D eigenvalue weighted by Gasteiger charge is 2.15. The summed E-state index contributed by atoms with van der Waals surface area (Å²) in [7, 11) is 0. The van der Waals surface area contributed by atoms with Crippen LogP contribution in [-0.2, 0) is 0 Å². The van der Waals surface area contributed by atoms with Crippen molar-refractivity contribution in [3.05, 3.63) is 24.2 Å². The van der Waals surface area contributed by atoms with Crippen LogP contribution in [0.5, 0.6) is 11.9 Å². The summed E-state index contributed by atoms with van der Waals surface area (Å²) in [6, 6.07) is 1.64. The molecule has 0 bridgehead atoms. The predicted octanol–water partition coefficient (Wildman–Crippen LogP) is 1.51. The van der Waals surface area contributed by atoms with Gasteiger partial charge in [-0.15, -0.1) is 0 Å². The van der Waals surface area contributed by atoms with E-state index in [0.717, 1.165) is 0 Å². The molecule has 0 unspecified atom stereocenters. The van der Waals surface area contributed by atoms with E-state index in [-0.39, 0.29) is 17.7 Å². The van der Waals surface area contributed by atoms with Gasteiger partial charge in [-0.3, -0.25) is 4.79 Å². The molecule has 0 spiro atoms. The molecule has 0 saturated carbocycles. The third-order valence-corrected chi connectivity index (χ3v) is 2.20. The summed E-state index contributed by atoms with van der Waals surface area (Å²) in [5.41, 5.74) is 0.330. The number of carbonyl (C=O) groups is 1. The van der Waals surface area contributed by atoms with E-state index in [4.69, 9.17) is 14.0 Å². The molecule has 0 fully saturated rings. The van der Waals surface area contributed by atoms with Gasteiger partial charge in [0.25, 0.3) is 5.91 Å². The van der Waals surface area contributed by atoms with Crippen LogP contribution in [0.3, 0.4) is 0 Å².